The highest BCUT2D eigenvalue weighted by molar-refractivity contribution is 7.13. The summed E-state index contributed by atoms with van der Waals surface area (Å²) in [6, 6.07) is 17.7. The van der Waals surface area contributed by atoms with E-state index in [2.05, 4.69) is 22.2 Å². The van der Waals surface area contributed by atoms with E-state index in [0.29, 0.717) is 18.8 Å². The second-order valence-corrected chi connectivity index (χ2v) is 7.14. The van der Waals surface area contributed by atoms with Gasteiger partial charge in [0.25, 0.3) is 0 Å². The van der Waals surface area contributed by atoms with Gasteiger partial charge in [-0.1, -0.05) is 42.5 Å². The first-order chi connectivity index (χ1) is 12.7. The van der Waals surface area contributed by atoms with Gasteiger partial charge in [-0.25, -0.2) is 10.2 Å². The predicted octanol–water partition coefficient (Wildman–Crippen LogP) is 4.09. The summed E-state index contributed by atoms with van der Waals surface area (Å²) < 4.78 is 0. The van der Waals surface area contributed by atoms with Gasteiger partial charge in [-0.15, -0.1) is 11.3 Å². The number of anilines is 2. The quantitative estimate of drug-likeness (QED) is 0.613. The number of benzene rings is 2. The number of carbonyl (C=O) groups is 1. The molecule has 0 unspecified atom stereocenters. The van der Waals surface area contributed by atoms with Gasteiger partial charge >= 0.3 is 6.03 Å². The monoisotopic (exact) mass is 364 g/mol. The summed E-state index contributed by atoms with van der Waals surface area (Å²) in [6.45, 7) is 1.15. The van der Waals surface area contributed by atoms with Crippen LogP contribution in [0.4, 0.5) is 16.2 Å². The number of nitrogens with one attached hydrogen (secondary N) is 2. The number of fused-ring (bicyclic) bond motifs is 1. The number of amides is 2. The fraction of sp³-hybridized carbons (Fsp3) is 0.150. The molecule has 6 heteroatoms. The van der Waals surface area contributed by atoms with E-state index in [1.807, 2.05) is 48.5 Å². The molecule has 0 aliphatic carbocycles. The molecule has 0 atom stereocenters. The number of nitrogen functional groups attached to an aromatic ring is 1. The van der Waals surface area contributed by atoms with Gasteiger partial charge in [0.05, 0.1) is 17.9 Å². The van der Waals surface area contributed by atoms with E-state index in [0.717, 1.165) is 28.8 Å². The van der Waals surface area contributed by atoms with Crippen LogP contribution in [0.2, 0.25) is 0 Å². The fourth-order valence-corrected chi connectivity index (χ4v) is 3.97. The number of hydrazine groups is 1. The van der Waals surface area contributed by atoms with Gasteiger partial charge in [-0.3, -0.25) is 5.01 Å². The van der Waals surface area contributed by atoms with E-state index in [1.54, 1.807) is 16.3 Å². The molecule has 0 fully saturated rings. The molecule has 0 bridgehead atoms. The number of hydrogen-bond donors (Lipinski definition) is 3. The van der Waals surface area contributed by atoms with E-state index < -0.39 is 0 Å². The van der Waals surface area contributed by atoms with Crippen molar-refractivity contribution in [3.8, 4) is 10.4 Å². The number of hydrogen-bond acceptors (Lipinski definition) is 4. The Kier molecular flexibility index (Phi) is 4.60. The van der Waals surface area contributed by atoms with Crippen molar-refractivity contribution in [3.63, 3.8) is 0 Å². The van der Waals surface area contributed by atoms with E-state index in [4.69, 9.17) is 5.73 Å². The molecule has 1 aliphatic rings. The molecule has 3 aromatic rings. The summed E-state index contributed by atoms with van der Waals surface area (Å²) in [4.78, 5) is 14.0. The first-order valence-electron chi connectivity index (χ1n) is 8.53. The highest BCUT2D eigenvalue weighted by Gasteiger charge is 2.22. The maximum atomic E-state index is 12.8. The van der Waals surface area contributed by atoms with Crippen molar-refractivity contribution in [1.82, 2.24) is 10.4 Å². The van der Waals surface area contributed by atoms with Crippen LogP contribution >= 0.6 is 11.3 Å². The SMILES string of the molecule is Nc1ccc(-c2cccs2)c2c1NC(=O)N(Cc1ccccc1)NCC2. The minimum atomic E-state index is -0.204. The largest absolute Gasteiger partial charge is 0.397 e. The summed E-state index contributed by atoms with van der Waals surface area (Å²) in [6.07, 6.45) is 0.777. The molecule has 0 radical (unpaired) electrons. The first-order valence-corrected chi connectivity index (χ1v) is 9.41. The number of thiophene rings is 1. The zero-order valence-electron chi connectivity index (χ0n) is 14.2. The lowest BCUT2D eigenvalue weighted by Gasteiger charge is -2.28. The number of nitrogens with zero attached hydrogens (tertiary/aromatic N) is 1. The Bertz CT molecular complexity index is 909. The molecule has 4 rings (SSSR count). The van der Waals surface area contributed by atoms with Crippen LogP contribution in [0.5, 0.6) is 0 Å². The number of carbonyl (C=O) groups excluding carboxylic acids is 1. The smallest absolute Gasteiger partial charge is 0.336 e. The summed E-state index contributed by atoms with van der Waals surface area (Å²) in [5, 5.41) is 6.67. The normalized spacial score (nSPS) is 14.3. The first kappa shape index (κ1) is 16.6. The maximum absolute atomic E-state index is 12.8. The maximum Gasteiger partial charge on any atom is 0.336 e. The molecular formula is C20H20N4OS. The average molecular weight is 364 g/mol. The van der Waals surface area contributed by atoms with Gasteiger partial charge in [0.15, 0.2) is 0 Å². The summed E-state index contributed by atoms with van der Waals surface area (Å²) in [5.41, 5.74) is 14.0. The molecule has 2 heterocycles. The van der Waals surface area contributed by atoms with Gasteiger partial charge in [-0.2, -0.15) is 0 Å². The number of nitrogens with two attached hydrogens (primary N) is 1. The van der Waals surface area contributed by atoms with Crippen molar-refractivity contribution in [1.29, 1.82) is 0 Å². The summed E-state index contributed by atoms with van der Waals surface area (Å²) in [7, 11) is 0. The Labute approximate surface area is 156 Å². The van der Waals surface area contributed by atoms with Crippen LogP contribution in [0.3, 0.4) is 0 Å². The third-order valence-corrected chi connectivity index (χ3v) is 5.37. The predicted molar refractivity (Wildman–Crippen MR) is 107 cm³/mol. The third-order valence-electron chi connectivity index (χ3n) is 4.47. The molecule has 4 N–H and O–H groups in total. The van der Waals surface area contributed by atoms with Gasteiger partial charge < -0.3 is 11.1 Å². The highest BCUT2D eigenvalue weighted by atomic mass is 32.1. The van der Waals surface area contributed by atoms with Crippen LogP contribution in [0.15, 0.2) is 60.0 Å². The zero-order valence-corrected chi connectivity index (χ0v) is 15.1. The van der Waals surface area contributed by atoms with Gasteiger partial charge in [0, 0.05) is 11.4 Å². The third kappa shape index (κ3) is 3.29. The van der Waals surface area contributed by atoms with Crippen LogP contribution < -0.4 is 16.5 Å². The highest BCUT2D eigenvalue weighted by Crippen LogP contribution is 2.36. The van der Waals surface area contributed by atoms with Crippen LogP contribution in [0.1, 0.15) is 11.1 Å². The molecular weight excluding hydrogens is 344 g/mol. The molecule has 5 nitrogen and oxygen atoms in total. The van der Waals surface area contributed by atoms with Crippen LogP contribution in [0.25, 0.3) is 10.4 Å². The van der Waals surface area contributed by atoms with Gasteiger partial charge in [0.2, 0.25) is 0 Å². The molecule has 0 spiro atoms. The second kappa shape index (κ2) is 7.19. The van der Waals surface area contributed by atoms with Crippen molar-refractivity contribution >= 4 is 28.7 Å². The van der Waals surface area contributed by atoms with E-state index >= 15 is 0 Å². The molecule has 2 aromatic carbocycles. The minimum absolute atomic E-state index is 0.204. The molecule has 1 aliphatic heterocycles. The minimum Gasteiger partial charge on any atom is -0.397 e. The number of urea groups is 1. The molecule has 1 aromatic heterocycles. The van der Waals surface area contributed by atoms with E-state index in [1.165, 1.54) is 4.88 Å². The second-order valence-electron chi connectivity index (χ2n) is 6.19. The number of rotatable bonds is 3. The van der Waals surface area contributed by atoms with Crippen molar-refractivity contribution in [2.45, 2.75) is 13.0 Å². The molecule has 2 amide bonds. The van der Waals surface area contributed by atoms with Crippen LogP contribution in [0, 0.1) is 0 Å². The van der Waals surface area contributed by atoms with E-state index in [-0.39, 0.29) is 6.03 Å². The standard InChI is InChI=1S/C20H20N4OS/c21-17-9-8-15(18-7-4-12-26-18)16-10-11-22-24(20(25)23-19(16)17)13-14-5-2-1-3-6-14/h1-9,12,22H,10-11,13,21H2,(H,23,25). The Hall–Kier alpha value is -2.83. The van der Waals surface area contributed by atoms with Crippen LogP contribution in [-0.2, 0) is 13.0 Å². The summed E-state index contributed by atoms with van der Waals surface area (Å²) >= 11 is 1.69. The Morgan fingerprint density at radius 1 is 1.08 bits per heavy atom. The lowest BCUT2D eigenvalue weighted by molar-refractivity contribution is 0.179. The molecule has 0 saturated carbocycles. The zero-order chi connectivity index (χ0) is 17.9. The van der Waals surface area contributed by atoms with Crippen LogP contribution in [-0.4, -0.2) is 17.6 Å². The van der Waals surface area contributed by atoms with Gasteiger partial charge in [0.1, 0.15) is 0 Å². The summed E-state index contributed by atoms with van der Waals surface area (Å²) in [5.74, 6) is 0. The Balaban J connectivity index is 1.65. The average Bonchev–Trinajstić information content (AvgIpc) is 3.17. The fourth-order valence-electron chi connectivity index (χ4n) is 3.19. The lowest BCUT2D eigenvalue weighted by Crippen LogP contribution is -2.47. The molecule has 132 valence electrons. The van der Waals surface area contributed by atoms with Crippen molar-refractivity contribution in [3.05, 3.63) is 71.1 Å². The lowest BCUT2D eigenvalue weighted by atomic mass is 9.99. The van der Waals surface area contributed by atoms with E-state index in [9.17, 15) is 4.79 Å². The van der Waals surface area contributed by atoms with Crippen molar-refractivity contribution in [2.24, 2.45) is 0 Å². The van der Waals surface area contributed by atoms with Gasteiger partial charge in [-0.05, 0) is 40.6 Å². The topological polar surface area (TPSA) is 70.4 Å². The van der Waals surface area contributed by atoms with Crippen molar-refractivity contribution < 1.29 is 4.79 Å². The molecule has 0 saturated heterocycles. The Morgan fingerprint density at radius 2 is 1.92 bits per heavy atom. The van der Waals surface area contributed by atoms with Crippen molar-refractivity contribution in [2.75, 3.05) is 17.6 Å². The molecule has 26 heavy (non-hydrogen) atoms. The Morgan fingerprint density at radius 3 is 2.69 bits per heavy atom.